The van der Waals surface area contributed by atoms with Crippen LogP contribution in [0.4, 0.5) is 17.6 Å². The lowest BCUT2D eigenvalue weighted by Gasteiger charge is -2.07. The van der Waals surface area contributed by atoms with Gasteiger partial charge in [-0.15, -0.1) is 0 Å². The molecule has 0 saturated carbocycles. The van der Waals surface area contributed by atoms with E-state index in [4.69, 9.17) is 4.74 Å². The van der Waals surface area contributed by atoms with E-state index in [9.17, 15) is 17.6 Å². The Morgan fingerprint density at radius 3 is 2.16 bits per heavy atom. The SMILES string of the molecule is COCc1ccc(-c2ccc(C#Cc3ccc4cc(F)c(F)cc4c3)c(F)c2)c(F)c1. The molecule has 0 unspecified atom stereocenters. The highest BCUT2D eigenvalue weighted by Crippen LogP contribution is 2.26. The molecule has 0 heterocycles. The third kappa shape index (κ3) is 4.45. The molecule has 0 amide bonds. The summed E-state index contributed by atoms with van der Waals surface area (Å²) in [5.74, 6) is 2.65. The summed E-state index contributed by atoms with van der Waals surface area (Å²) in [7, 11) is 1.52. The van der Waals surface area contributed by atoms with Crippen LogP contribution in [0.3, 0.4) is 0 Å². The zero-order chi connectivity index (χ0) is 22.0. The van der Waals surface area contributed by atoms with Crippen LogP contribution in [-0.4, -0.2) is 7.11 Å². The number of fused-ring (bicyclic) bond motifs is 1. The number of benzene rings is 4. The molecular weight excluding hydrogens is 404 g/mol. The van der Waals surface area contributed by atoms with Crippen LogP contribution in [-0.2, 0) is 11.3 Å². The fourth-order valence-corrected chi connectivity index (χ4v) is 3.29. The van der Waals surface area contributed by atoms with Crippen LogP contribution in [0.15, 0.2) is 66.7 Å². The minimum atomic E-state index is -0.943. The Kier molecular flexibility index (Phi) is 5.75. The van der Waals surface area contributed by atoms with Gasteiger partial charge in [0.05, 0.1) is 12.2 Å². The molecule has 0 bridgehead atoms. The molecule has 0 radical (unpaired) electrons. The van der Waals surface area contributed by atoms with Crippen molar-refractivity contribution in [2.45, 2.75) is 6.61 Å². The molecule has 0 atom stereocenters. The van der Waals surface area contributed by atoms with Crippen LogP contribution in [0.1, 0.15) is 16.7 Å². The highest BCUT2D eigenvalue weighted by molar-refractivity contribution is 5.84. The summed E-state index contributed by atoms with van der Waals surface area (Å²) in [5.41, 5.74) is 2.03. The molecule has 31 heavy (non-hydrogen) atoms. The molecular formula is C26H16F4O. The van der Waals surface area contributed by atoms with Crippen LogP contribution >= 0.6 is 0 Å². The monoisotopic (exact) mass is 420 g/mol. The van der Waals surface area contributed by atoms with Gasteiger partial charge in [0.2, 0.25) is 0 Å². The van der Waals surface area contributed by atoms with Gasteiger partial charge in [0.25, 0.3) is 0 Å². The zero-order valence-electron chi connectivity index (χ0n) is 16.5. The maximum Gasteiger partial charge on any atom is 0.159 e. The van der Waals surface area contributed by atoms with Gasteiger partial charge in [-0.1, -0.05) is 36.1 Å². The molecule has 0 aromatic heterocycles. The van der Waals surface area contributed by atoms with Crippen LogP contribution in [0, 0.1) is 35.1 Å². The molecule has 4 aromatic rings. The van der Waals surface area contributed by atoms with Crippen LogP contribution in [0.5, 0.6) is 0 Å². The molecule has 0 spiro atoms. The fourth-order valence-electron chi connectivity index (χ4n) is 3.29. The first-order chi connectivity index (χ1) is 14.9. The second-order valence-corrected chi connectivity index (χ2v) is 7.02. The van der Waals surface area contributed by atoms with Gasteiger partial charge in [0, 0.05) is 18.2 Å². The number of hydrogen-bond acceptors (Lipinski definition) is 1. The Bertz CT molecular complexity index is 1350. The first kappa shape index (κ1) is 20.6. The van der Waals surface area contributed by atoms with Crippen molar-refractivity contribution < 1.29 is 22.3 Å². The van der Waals surface area contributed by atoms with Crippen molar-refractivity contribution in [2.75, 3.05) is 7.11 Å². The number of hydrogen-bond donors (Lipinski definition) is 0. The molecule has 4 rings (SSSR count). The Morgan fingerprint density at radius 1 is 0.677 bits per heavy atom. The lowest BCUT2D eigenvalue weighted by atomic mass is 10.0. The van der Waals surface area contributed by atoms with Gasteiger partial charge in [0.1, 0.15) is 11.6 Å². The molecule has 4 aromatic carbocycles. The third-order valence-corrected chi connectivity index (χ3v) is 4.85. The molecule has 0 N–H and O–H groups in total. The molecule has 0 fully saturated rings. The van der Waals surface area contributed by atoms with E-state index in [0.717, 1.165) is 12.1 Å². The summed E-state index contributed by atoms with van der Waals surface area (Å²) in [6.45, 7) is 0.288. The molecule has 0 aliphatic carbocycles. The summed E-state index contributed by atoms with van der Waals surface area (Å²) < 4.78 is 60.7. The summed E-state index contributed by atoms with van der Waals surface area (Å²) >= 11 is 0. The third-order valence-electron chi connectivity index (χ3n) is 4.85. The van der Waals surface area contributed by atoms with E-state index >= 15 is 0 Å². The molecule has 154 valence electrons. The van der Waals surface area contributed by atoms with Gasteiger partial charge < -0.3 is 4.74 Å². The highest BCUT2D eigenvalue weighted by atomic mass is 19.2. The Hall–Kier alpha value is -3.62. The van der Waals surface area contributed by atoms with Crippen LogP contribution < -0.4 is 0 Å². The lowest BCUT2D eigenvalue weighted by Crippen LogP contribution is -1.92. The van der Waals surface area contributed by atoms with E-state index in [1.54, 1.807) is 36.4 Å². The first-order valence-corrected chi connectivity index (χ1v) is 9.43. The van der Waals surface area contributed by atoms with E-state index < -0.39 is 23.3 Å². The average Bonchev–Trinajstić information content (AvgIpc) is 2.74. The Morgan fingerprint density at radius 2 is 1.45 bits per heavy atom. The summed E-state index contributed by atoms with van der Waals surface area (Å²) in [6, 6.07) is 16.1. The van der Waals surface area contributed by atoms with Gasteiger partial charge >= 0.3 is 0 Å². The van der Waals surface area contributed by atoms with Crippen molar-refractivity contribution in [3.8, 4) is 23.0 Å². The number of rotatable bonds is 3. The topological polar surface area (TPSA) is 9.23 Å². The number of methoxy groups -OCH3 is 1. The standard InChI is InChI=1S/C26H16F4O/c1-31-15-17-4-9-22(24(28)11-17)20-8-7-18(23(27)13-20)5-2-16-3-6-19-12-25(29)26(30)14-21(19)10-16/h3-4,6-14H,15H2,1H3. The predicted molar refractivity (Wildman–Crippen MR) is 112 cm³/mol. The maximum atomic E-state index is 14.6. The molecule has 5 heteroatoms. The second kappa shape index (κ2) is 8.63. The Labute approximate surface area is 176 Å². The maximum absolute atomic E-state index is 14.6. The normalized spacial score (nSPS) is 10.7. The van der Waals surface area contributed by atoms with Crippen LogP contribution in [0.25, 0.3) is 21.9 Å². The molecule has 0 saturated heterocycles. The van der Waals surface area contributed by atoms with Crippen molar-refractivity contribution in [1.82, 2.24) is 0 Å². The fraction of sp³-hybridized carbons (Fsp3) is 0.0769. The summed E-state index contributed by atoms with van der Waals surface area (Å²) in [4.78, 5) is 0. The number of halogens is 4. The van der Waals surface area contributed by atoms with Gasteiger partial charge in [-0.2, -0.15) is 0 Å². The van der Waals surface area contributed by atoms with Crippen molar-refractivity contribution in [2.24, 2.45) is 0 Å². The summed E-state index contributed by atoms with van der Waals surface area (Å²) in [5, 5.41) is 1.03. The smallest absolute Gasteiger partial charge is 0.159 e. The minimum absolute atomic E-state index is 0.144. The lowest BCUT2D eigenvalue weighted by molar-refractivity contribution is 0.184. The van der Waals surface area contributed by atoms with Crippen molar-refractivity contribution >= 4 is 10.8 Å². The van der Waals surface area contributed by atoms with Crippen molar-refractivity contribution in [3.05, 3.63) is 107 Å². The first-order valence-electron chi connectivity index (χ1n) is 9.43. The molecule has 0 aliphatic rings. The van der Waals surface area contributed by atoms with Gasteiger partial charge in [-0.3, -0.25) is 0 Å². The molecule has 0 aliphatic heterocycles. The van der Waals surface area contributed by atoms with Gasteiger partial charge in [-0.25, -0.2) is 17.6 Å². The largest absolute Gasteiger partial charge is 0.380 e. The van der Waals surface area contributed by atoms with Crippen molar-refractivity contribution in [1.29, 1.82) is 0 Å². The quantitative estimate of drug-likeness (QED) is 0.268. The van der Waals surface area contributed by atoms with Gasteiger partial charge in [-0.05, 0) is 64.4 Å². The minimum Gasteiger partial charge on any atom is -0.380 e. The predicted octanol–water partition coefficient (Wildman–Crippen LogP) is 6.61. The van der Waals surface area contributed by atoms with E-state index in [1.165, 1.54) is 25.3 Å². The zero-order valence-corrected chi connectivity index (χ0v) is 16.5. The van der Waals surface area contributed by atoms with E-state index in [-0.39, 0.29) is 17.7 Å². The average molecular weight is 420 g/mol. The van der Waals surface area contributed by atoms with Crippen LogP contribution in [0.2, 0.25) is 0 Å². The van der Waals surface area contributed by atoms with Gasteiger partial charge in [0.15, 0.2) is 11.6 Å². The summed E-state index contributed by atoms with van der Waals surface area (Å²) in [6.07, 6.45) is 0. The Balaban J connectivity index is 1.62. The highest BCUT2D eigenvalue weighted by Gasteiger charge is 2.09. The molecule has 1 nitrogen and oxygen atoms in total. The van der Waals surface area contributed by atoms with E-state index in [1.807, 2.05) is 0 Å². The van der Waals surface area contributed by atoms with E-state index in [2.05, 4.69) is 11.8 Å². The van der Waals surface area contributed by atoms with Crippen molar-refractivity contribution in [3.63, 3.8) is 0 Å². The number of ether oxygens (including phenoxy) is 1. The van der Waals surface area contributed by atoms with E-state index in [0.29, 0.717) is 27.5 Å². The second-order valence-electron chi connectivity index (χ2n) is 7.02.